The van der Waals surface area contributed by atoms with Gasteiger partial charge in [0.15, 0.2) is 5.58 Å². The number of fused-ring (bicyclic) bond motifs is 1. The van der Waals surface area contributed by atoms with Gasteiger partial charge in [-0.15, -0.1) is 12.4 Å². The van der Waals surface area contributed by atoms with Crippen LogP contribution in [0.3, 0.4) is 0 Å². The predicted molar refractivity (Wildman–Crippen MR) is 129 cm³/mol. The highest BCUT2D eigenvalue weighted by atomic mass is 35.5. The maximum Gasteiger partial charge on any atom is 0.420 e. The number of nitrogens with zero attached hydrogens (tertiary/aromatic N) is 2. The molecule has 2 N–H and O–H groups in total. The molecule has 0 atom stereocenters. The van der Waals surface area contributed by atoms with Crippen LogP contribution in [-0.2, 0) is 9.47 Å². The Morgan fingerprint density at radius 2 is 1.88 bits per heavy atom. The smallest absolute Gasteiger partial charge is 0.408 e. The van der Waals surface area contributed by atoms with Gasteiger partial charge >= 0.3 is 5.76 Å². The summed E-state index contributed by atoms with van der Waals surface area (Å²) in [5.74, 6) is -0.868. The van der Waals surface area contributed by atoms with Crippen LogP contribution in [0.2, 0.25) is 0 Å². The van der Waals surface area contributed by atoms with E-state index in [4.69, 9.17) is 19.6 Å². The van der Waals surface area contributed by atoms with Crippen LogP contribution in [0.15, 0.2) is 27.4 Å². The van der Waals surface area contributed by atoms with E-state index < -0.39 is 5.91 Å². The van der Waals surface area contributed by atoms with E-state index in [1.165, 1.54) is 0 Å². The maximum atomic E-state index is 12.6. The number of hydrogen-bond acceptors (Lipinski definition) is 6. The van der Waals surface area contributed by atoms with E-state index in [1.54, 1.807) is 29.9 Å². The Hall–Kier alpha value is -1.87. The summed E-state index contributed by atoms with van der Waals surface area (Å²) >= 11 is 0. The SMILES string of the molecule is CCC1(N2CCC(n3c(=O)oc4ccc(C(N)=O)cc43)CC2)CCC(OCCOC)CC1.Cl. The molecule has 9 heteroatoms. The molecule has 4 rings (SSSR count). The van der Waals surface area contributed by atoms with Gasteiger partial charge in [0.1, 0.15) is 0 Å². The molecule has 2 heterocycles. The minimum Gasteiger partial charge on any atom is -0.408 e. The van der Waals surface area contributed by atoms with Crippen LogP contribution >= 0.6 is 12.4 Å². The van der Waals surface area contributed by atoms with Crippen molar-refractivity contribution >= 4 is 29.4 Å². The number of methoxy groups -OCH3 is 1. The van der Waals surface area contributed by atoms with Crippen LogP contribution < -0.4 is 11.5 Å². The molecule has 2 aliphatic rings. The minimum atomic E-state index is -0.506. The number of likely N-dealkylation sites (tertiary alicyclic amines) is 1. The van der Waals surface area contributed by atoms with Crippen molar-refractivity contribution in [2.75, 3.05) is 33.4 Å². The second-order valence-corrected chi connectivity index (χ2v) is 9.14. The molecule has 1 aromatic carbocycles. The number of benzene rings is 1. The third kappa shape index (κ3) is 5.29. The van der Waals surface area contributed by atoms with Gasteiger partial charge in [-0.1, -0.05) is 6.92 Å². The van der Waals surface area contributed by atoms with E-state index >= 15 is 0 Å². The van der Waals surface area contributed by atoms with Crippen LogP contribution in [0, 0.1) is 0 Å². The topological polar surface area (TPSA) is 99.9 Å². The van der Waals surface area contributed by atoms with Crippen molar-refractivity contribution in [1.29, 1.82) is 0 Å². The fraction of sp³-hybridized carbons (Fsp3) is 0.667. The fourth-order valence-corrected chi connectivity index (χ4v) is 5.62. The van der Waals surface area contributed by atoms with Crippen LogP contribution in [0.5, 0.6) is 0 Å². The highest BCUT2D eigenvalue weighted by molar-refractivity contribution is 5.96. The molecule has 1 aromatic heterocycles. The van der Waals surface area contributed by atoms with Crippen molar-refractivity contribution in [3.8, 4) is 0 Å². The molecule has 33 heavy (non-hydrogen) atoms. The zero-order chi connectivity index (χ0) is 22.7. The Morgan fingerprint density at radius 3 is 2.48 bits per heavy atom. The molecule has 1 saturated carbocycles. The molecule has 1 aliphatic heterocycles. The van der Waals surface area contributed by atoms with Crippen molar-refractivity contribution < 1.29 is 18.7 Å². The lowest BCUT2D eigenvalue weighted by atomic mass is 9.76. The van der Waals surface area contributed by atoms with Crippen LogP contribution in [0.25, 0.3) is 11.1 Å². The van der Waals surface area contributed by atoms with E-state index in [1.807, 2.05) is 0 Å². The predicted octanol–water partition coefficient (Wildman–Crippen LogP) is 3.51. The van der Waals surface area contributed by atoms with Crippen molar-refractivity contribution in [1.82, 2.24) is 9.47 Å². The number of piperidine rings is 1. The Balaban J connectivity index is 0.00000306. The highest BCUT2D eigenvalue weighted by Crippen LogP contribution is 2.40. The van der Waals surface area contributed by atoms with Gasteiger partial charge in [0.2, 0.25) is 5.91 Å². The van der Waals surface area contributed by atoms with Gasteiger partial charge in [0, 0.05) is 37.3 Å². The summed E-state index contributed by atoms with van der Waals surface area (Å²) < 4.78 is 18.2. The van der Waals surface area contributed by atoms with E-state index in [0.29, 0.717) is 36.0 Å². The lowest BCUT2D eigenvalue weighted by molar-refractivity contribution is -0.0492. The number of amides is 1. The Bertz CT molecular complexity index is 988. The fourth-order valence-electron chi connectivity index (χ4n) is 5.62. The summed E-state index contributed by atoms with van der Waals surface area (Å²) in [6.07, 6.45) is 7.66. The molecule has 1 aliphatic carbocycles. The van der Waals surface area contributed by atoms with Crippen molar-refractivity contribution in [2.24, 2.45) is 5.73 Å². The minimum absolute atomic E-state index is 0. The van der Waals surface area contributed by atoms with Crippen LogP contribution in [-0.4, -0.2) is 60.4 Å². The lowest BCUT2D eigenvalue weighted by Gasteiger charge is -2.50. The highest BCUT2D eigenvalue weighted by Gasteiger charge is 2.41. The number of primary amides is 1. The molecule has 2 aromatic rings. The zero-order valence-electron chi connectivity index (χ0n) is 19.6. The Labute approximate surface area is 200 Å². The summed E-state index contributed by atoms with van der Waals surface area (Å²) in [7, 11) is 1.70. The molecule has 1 amide bonds. The number of aromatic nitrogens is 1. The Morgan fingerprint density at radius 1 is 1.18 bits per heavy atom. The van der Waals surface area contributed by atoms with E-state index in [-0.39, 0.29) is 29.7 Å². The number of oxazole rings is 1. The number of rotatable bonds is 8. The van der Waals surface area contributed by atoms with Gasteiger partial charge in [-0.05, 0) is 63.1 Å². The van der Waals surface area contributed by atoms with Gasteiger partial charge in [-0.3, -0.25) is 14.3 Å². The number of carbonyl (C=O) groups is 1. The summed E-state index contributed by atoms with van der Waals surface area (Å²) in [6.45, 7) is 5.49. The third-order valence-electron chi connectivity index (χ3n) is 7.56. The van der Waals surface area contributed by atoms with Gasteiger partial charge < -0.3 is 19.6 Å². The number of carbonyl (C=O) groups excluding carboxylic acids is 1. The molecule has 0 bridgehead atoms. The summed E-state index contributed by atoms with van der Waals surface area (Å²) in [5.41, 5.74) is 7.20. The van der Waals surface area contributed by atoms with Gasteiger partial charge in [0.05, 0.1) is 24.8 Å². The first-order valence-electron chi connectivity index (χ1n) is 11.8. The number of ether oxygens (including phenoxy) is 2. The molecule has 0 radical (unpaired) electrons. The molecule has 0 unspecified atom stereocenters. The first kappa shape index (κ1) is 25.7. The molecule has 1 saturated heterocycles. The number of hydrogen-bond donors (Lipinski definition) is 1. The van der Waals surface area contributed by atoms with Crippen molar-refractivity contribution in [2.45, 2.75) is 69.6 Å². The normalized spacial score (nSPS) is 24.6. The van der Waals surface area contributed by atoms with Crippen LogP contribution in [0.4, 0.5) is 0 Å². The van der Waals surface area contributed by atoms with E-state index in [2.05, 4.69) is 11.8 Å². The summed E-state index contributed by atoms with van der Waals surface area (Å²) in [4.78, 5) is 26.8. The second kappa shape index (κ2) is 11.0. The average Bonchev–Trinajstić information content (AvgIpc) is 3.14. The first-order valence-corrected chi connectivity index (χ1v) is 11.8. The van der Waals surface area contributed by atoms with Gasteiger partial charge in [-0.2, -0.15) is 0 Å². The van der Waals surface area contributed by atoms with Crippen molar-refractivity contribution in [3.63, 3.8) is 0 Å². The third-order valence-corrected chi connectivity index (χ3v) is 7.56. The van der Waals surface area contributed by atoms with E-state index in [0.717, 1.165) is 58.0 Å². The molecule has 8 nitrogen and oxygen atoms in total. The first-order chi connectivity index (χ1) is 15.5. The standard InChI is InChI=1S/C24H35N3O5.ClH/c1-3-24(10-6-19(7-11-24)31-15-14-30-2)26-12-8-18(9-13-26)27-20-16-17(22(25)28)4-5-21(20)32-23(27)29;/h4-5,16,18-19H,3,6-15H2,1-2H3,(H2,25,28);1H. The summed E-state index contributed by atoms with van der Waals surface area (Å²) in [6, 6.07) is 4.99. The van der Waals surface area contributed by atoms with Gasteiger partial charge in [-0.25, -0.2) is 4.79 Å². The van der Waals surface area contributed by atoms with Gasteiger partial charge in [0.25, 0.3) is 0 Å². The zero-order valence-corrected chi connectivity index (χ0v) is 20.4. The Kier molecular flexibility index (Phi) is 8.61. The largest absolute Gasteiger partial charge is 0.420 e. The molecular weight excluding hydrogens is 446 g/mol. The maximum absolute atomic E-state index is 12.6. The van der Waals surface area contributed by atoms with Crippen molar-refractivity contribution in [3.05, 3.63) is 34.3 Å². The molecule has 0 spiro atoms. The van der Waals surface area contributed by atoms with E-state index in [9.17, 15) is 9.59 Å². The molecular formula is C24H36ClN3O5. The number of nitrogens with two attached hydrogens (primary N) is 1. The quantitative estimate of drug-likeness (QED) is 0.579. The monoisotopic (exact) mass is 481 g/mol. The van der Waals surface area contributed by atoms with Crippen LogP contribution in [0.1, 0.15) is 68.3 Å². The number of halogens is 1. The summed E-state index contributed by atoms with van der Waals surface area (Å²) in [5, 5.41) is 0. The lowest BCUT2D eigenvalue weighted by Crippen LogP contribution is -2.54. The molecule has 184 valence electrons. The second-order valence-electron chi connectivity index (χ2n) is 9.14. The average molecular weight is 482 g/mol. The molecule has 2 fully saturated rings.